The molecule has 2 fully saturated rings. The fourth-order valence-electron chi connectivity index (χ4n) is 9.22. The van der Waals surface area contributed by atoms with Crippen molar-refractivity contribution in [1.82, 2.24) is 5.32 Å². The SMILES string of the molecule is CO[C@H]1O[C@H](CO[C@@H]2O[C@H](COCc3ccccc3)[C@@H](OCc3ccccc3)[C@H](OCc3ccccc3)[C@H]2NC(=O)c2ccccc2)[C@@H](OCc2ccccc2)[C@H](OCc2ccccc2)[C@H]1OCc1ccccc1. The predicted molar refractivity (Wildman–Crippen MR) is 279 cm³/mol. The number of hydrogen-bond donors (Lipinski definition) is 1. The molecular formula is C62H65NO11. The number of hydrogen-bond acceptors (Lipinski definition) is 11. The van der Waals surface area contributed by atoms with Crippen LogP contribution in [0, 0.1) is 0 Å². The second-order valence-electron chi connectivity index (χ2n) is 18.3. The Morgan fingerprint density at radius 2 is 0.716 bits per heavy atom. The van der Waals surface area contributed by atoms with Gasteiger partial charge in [0.25, 0.3) is 5.91 Å². The molecule has 74 heavy (non-hydrogen) atoms. The van der Waals surface area contributed by atoms with Crippen LogP contribution >= 0.6 is 0 Å². The van der Waals surface area contributed by atoms with Crippen LogP contribution in [0.1, 0.15) is 43.7 Å². The lowest BCUT2D eigenvalue weighted by Crippen LogP contribution is -2.67. The molecular weight excluding hydrogens is 935 g/mol. The fourth-order valence-corrected chi connectivity index (χ4v) is 9.22. The Morgan fingerprint density at radius 3 is 1.15 bits per heavy atom. The van der Waals surface area contributed by atoms with Gasteiger partial charge in [0.1, 0.15) is 48.8 Å². The second kappa shape index (κ2) is 27.8. The Labute approximate surface area is 434 Å². The van der Waals surface area contributed by atoms with E-state index < -0.39 is 61.3 Å². The first-order valence-electron chi connectivity index (χ1n) is 25.3. The van der Waals surface area contributed by atoms with E-state index in [1.165, 1.54) is 0 Å². The summed E-state index contributed by atoms with van der Waals surface area (Å²) in [5.41, 5.74) is 6.27. The molecule has 7 aromatic rings. The summed E-state index contributed by atoms with van der Waals surface area (Å²) in [5.74, 6) is -0.341. The highest BCUT2D eigenvalue weighted by Gasteiger charge is 2.52. The molecule has 0 unspecified atom stereocenters. The van der Waals surface area contributed by atoms with Crippen LogP contribution in [-0.2, 0) is 87.0 Å². The highest BCUT2D eigenvalue weighted by Crippen LogP contribution is 2.34. The van der Waals surface area contributed by atoms with Gasteiger partial charge in [0.05, 0.1) is 52.9 Å². The van der Waals surface area contributed by atoms with Crippen LogP contribution in [-0.4, -0.2) is 87.6 Å². The van der Waals surface area contributed by atoms with Gasteiger partial charge in [-0.05, 0) is 45.5 Å². The maximum atomic E-state index is 14.4. The summed E-state index contributed by atoms with van der Waals surface area (Å²) < 4.78 is 67.9. The number of ether oxygens (including phenoxy) is 10. The average molecular weight is 1000 g/mol. The Hall–Kier alpha value is -6.39. The molecule has 12 nitrogen and oxygen atoms in total. The summed E-state index contributed by atoms with van der Waals surface area (Å²) in [6.45, 7) is 1.59. The molecule has 2 heterocycles. The molecule has 0 radical (unpaired) electrons. The van der Waals surface area contributed by atoms with Crippen molar-refractivity contribution in [2.24, 2.45) is 0 Å². The first-order valence-corrected chi connectivity index (χ1v) is 25.3. The third-order valence-electron chi connectivity index (χ3n) is 13.0. The van der Waals surface area contributed by atoms with Crippen LogP contribution in [0.3, 0.4) is 0 Å². The molecule has 10 atom stereocenters. The Kier molecular flexibility index (Phi) is 19.7. The van der Waals surface area contributed by atoms with Crippen LogP contribution < -0.4 is 5.32 Å². The number of nitrogens with one attached hydrogen (secondary N) is 1. The van der Waals surface area contributed by atoms with Crippen LogP contribution in [0.15, 0.2) is 212 Å². The zero-order valence-corrected chi connectivity index (χ0v) is 41.6. The van der Waals surface area contributed by atoms with Crippen molar-refractivity contribution in [1.29, 1.82) is 0 Å². The first-order chi connectivity index (χ1) is 36.6. The van der Waals surface area contributed by atoms with Crippen LogP contribution in [0.25, 0.3) is 0 Å². The summed E-state index contributed by atoms with van der Waals surface area (Å²) in [4.78, 5) is 14.4. The summed E-state index contributed by atoms with van der Waals surface area (Å²) in [6, 6.07) is 67.8. The van der Waals surface area contributed by atoms with Crippen molar-refractivity contribution < 1.29 is 52.2 Å². The zero-order chi connectivity index (χ0) is 50.6. The van der Waals surface area contributed by atoms with E-state index in [0.717, 1.165) is 33.4 Å². The maximum Gasteiger partial charge on any atom is 0.251 e. The number of rotatable bonds is 25. The largest absolute Gasteiger partial charge is 0.374 e. The second-order valence-corrected chi connectivity index (χ2v) is 18.3. The summed E-state index contributed by atoms with van der Waals surface area (Å²) in [6.07, 6.45) is -7.34. The Balaban J connectivity index is 1.06. The van der Waals surface area contributed by atoms with E-state index in [9.17, 15) is 4.79 Å². The molecule has 1 amide bonds. The minimum atomic E-state index is -1.12. The quantitative estimate of drug-likeness (QED) is 0.0589. The standard InChI is InChI=1S/C62H65NO11/c1-65-62-59(71-42-50-33-19-7-20-34-50)58(70-41-49-31-17-6-18-32-49)56(68-39-47-27-13-4-14-28-47)53(74-62)44-72-61-54(63-60(64)51-35-21-8-22-36-51)57(69-40-48-29-15-5-16-30-48)55(67-38-46-25-11-3-12-26-46)52(73-61)43-66-37-45-23-9-2-10-24-45/h2-36,52-59,61-62H,37-44H2,1H3,(H,63,64)/t52-,53-,54-,55-,56-,57-,58+,59-,61-,62+/m1/s1. The van der Waals surface area contributed by atoms with E-state index in [1.54, 1.807) is 19.2 Å². The van der Waals surface area contributed by atoms with Crippen LogP contribution in [0.4, 0.5) is 0 Å². The molecule has 0 bridgehead atoms. The third kappa shape index (κ3) is 14.9. The topological polar surface area (TPSA) is 121 Å². The monoisotopic (exact) mass is 999 g/mol. The lowest BCUT2D eigenvalue weighted by Gasteiger charge is -2.48. The zero-order valence-electron chi connectivity index (χ0n) is 41.6. The van der Waals surface area contributed by atoms with Gasteiger partial charge in [-0.3, -0.25) is 4.79 Å². The Morgan fingerprint density at radius 1 is 0.378 bits per heavy atom. The van der Waals surface area contributed by atoms with E-state index >= 15 is 0 Å². The van der Waals surface area contributed by atoms with Gasteiger partial charge < -0.3 is 52.7 Å². The first kappa shape index (κ1) is 52.5. The van der Waals surface area contributed by atoms with Crippen molar-refractivity contribution in [3.63, 3.8) is 0 Å². The fraction of sp³-hybridized carbons (Fsp3) is 0.306. The molecule has 2 aliphatic rings. The third-order valence-corrected chi connectivity index (χ3v) is 13.0. The van der Waals surface area contributed by atoms with E-state index in [0.29, 0.717) is 12.2 Å². The minimum absolute atomic E-state index is 0.0865. The maximum absolute atomic E-state index is 14.4. The molecule has 0 spiro atoms. The molecule has 384 valence electrons. The molecule has 9 rings (SSSR count). The van der Waals surface area contributed by atoms with Crippen molar-refractivity contribution in [3.05, 3.63) is 251 Å². The van der Waals surface area contributed by atoms with Crippen molar-refractivity contribution in [2.45, 2.75) is 101 Å². The number of amides is 1. The summed E-state index contributed by atoms with van der Waals surface area (Å²) in [5, 5.41) is 3.28. The van der Waals surface area contributed by atoms with Gasteiger partial charge in [0.15, 0.2) is 12.6 Å². The highest BCUT2D eigenvalue weighted by atomic mass is 16.7. The number of carbonyl (C=O) groups excluding carboxylic acids is 1. The van der Waals surface area contributed by atoms with Crippen molar-refractivity contribution in [3.8, 4) is 0 Å². The number of benzene rings is 7. The Bertz CT molecular complexity index is 2660. The smallest absolute Gasteiger partial charge is 0.251 e. The molecule has 1 N–H and O–H groups in total. The van der Waals surface area contributed by atoms with Gasteiger partial charge >= 0.3 is 0 Å². The molecule has 2 saturated heterocycles. The molecule has 0 aromatic heterocycles. The minimum Gasteiger partial charge on any atom is -0.374 e. The van der Waals surface area contributed by atoms with Gasteiger partial charge in [0.2, 0.25) is 0 Å². The lowest BCUT2D eigenvalue weighted by molar-refractivity contribution is -0.337. The lowest BCUT2D eigenvalue weighted by atomic mass is 9.95. The molecule has 7 aromatic carbocycles. The summed E-state index contributed by atoms with van der Waals surface area (Å²) >= 11 is 0. The van der Waals surface area contributed by atoms with Crippen LogP contribution in [0.5, 0.6) is 0 Å². The van der Waals surface area contributed by atoms with Crippen molar-refractivity contribution >= 4 is 5.91 Å². The van der Waals surface area contributed by atoms with Gasteiger partial charge in [-0.25, -0.2) is 0 Å². The van der Waals surface area contributed by atoms with Gasteiger partial charge in [-0.1, -0.05) is 200 Å². The number of carbonyl (C=O) groups is 1. The summed E-state index contributed by atoms with van der Waals surface area (Å²) in [7, 11) is 1.59. The molecule has 2 aliphatic heterocycles. The van der Waals surface area contributed by atoms with Crippen LogP contribution in [0.2, 0.25) is 0 Å². The highest BCUT2D eigenvalue weighted by molar-refractivity contribution is 5.94. The molecule has 0 saturated carbocycles. The van der Waals surface area contributed by atoms with E-state index in [-0.39, 0.29) is 52.2 Å². The number of methoxy groups -OCH3 is 1. The van der Waals surface area contributed by atoms with Gasteiger partial charge in [-0.2, -0.15) is 0 Å². The normalized spacial score (nSPS) is 23.7. The van der Waals surface area contributed by atoms with E-state index in [1.807, 2.05) is 200 Å². The molecule has 0 aliphatic carbocycles. The van der Waals surface area contributed by atoms with Gasteiger partial charge in [0, 0.05) is 12.7 Å². The van der Waals surface area contributed by atoms with E-state index in [4.69, 9.17) is 47.4 Å². The van der Waals surface area contributed by atoms with Crippen molar-refractivity contribution in [2.75, 3.05) is 20.3 Å². The molecule has 12 heteroatoms. The van der Waals surface area contributed by atoms with E-state index in [2.05, 4.69) is 5.32 Å². The average Bonchev–Trinajstić information content (AvgIpc) is 3.46. The predicted octanol–water partition coefficient (Wildman–Crippen LogP) is 10.0. The van der Waals surface area contributed by atoms with Gasteiger partial charge in [-0.15, -0.1) is 0 Å².